The van der Waals surface area contributed by atoms with Gasteiger partial charge in [-0.25, -0.2) is 0 Å². The zero-order chi connectivity index (χ0) is 12.5. The average Bonchev–Trinajstić information content (AvgIpc) is 2.13. The zero-order valence-electron chi connectivity index (χ0n) is 10.7. The van der Waals surface area contributed by atoms with Gasteiger partial charge in [-0.05, 0) is 56.4 Å². The van der Waals surface area contributed by atoms with Crippen LogP contribution in [0.2, 0.25) is 0 Å². The Morgan fingerprint density at radius 2 is 2.00 bits per heavy atom. The van der Waals surface area contributed by atoms with Crippen LogP contribution in [0.3, 0.4) is 0 Å². The fourth-order valence-electron chi connectivity index (χ4n) is 1.90. The summed E-state index contributed by atoms with van der Waals surface area (Å²) in [5.74, 6) is 0. The fraction of sp³-hybridized carbons (Fsp3) is 0.357. The number of aliphatic imine (C=N–C) groups is 1. The van der Waals surface area contributed by atoms with Crippen LogP contribution in [-0.2, 0) is 0 Å². The van der Waals surface area contributed by atoms with Crippen molar-refractivity contribution in [2.24, 2.45) is 4.99 Å². The van der Waals surface area contributed by atoms with Crippen molar-refractivity contribution in [3.05, 3.63) is 40.8 Å². The third-order valence-electron chi connectivity index (χ3n) is 2.47. The number of benzene rings is 1. The van der Waals surface area contributed by atoms with Gasteiger partial charge in [-0.1, -0.05) is 23.9 Å². The number of hydrogen-bond donors (Lipinski definition) is 1. The number of rotatable bonds is 1. The molecule has 90 valence electrons. The van der Waals surface area contributed by atoms with Gasteiger partial charge in [-0.3, -0.25) is 4.99 Å². The van der Waals surface area contributed by atoms with Crippen molar-refractivity contribution in [1.29, 1.82) is 0 Å². The summed E-state index contributed by atoms with van der Waals surface area (Å²) < 4.78 is 0. The van der Waals surface area contributed by atoms with Gasteiger partial charge in [0.1, 0.15) is 0 Å². The monoisotopic (exact) mass is 246 g/mol. The summed E-state index contributed by atoms with van der Waals surface area (Å²) in [4.78, 5) is 5.97. The predicted molar refractivity (Wildman–Crippen MR) is 77.7 cm³/mol. The van der Waals surface area contributed by atoms with Crippen molar-refractivity contribution in [3.8, 4) is 0 Å². The maximum atomic E-state index is 4.68. The topological polar surface area (TPSA) is 24.4 Å². The van der Waals surface area contributed by atoms with Crippen molar-refractivity contribution in [2.75, 3.05) is 5.32 Å². The van der Waals surface area contributed by atoms with E-state index in [2.05, 4.69) is 68.3 Å². The number of anilines is 1. The highest BCUT2D eigenvalue weighted by atomic mass is 32.2. The van der Waals surface area contributed by atoms with Crippen LogP contribution in [0.15, 0.2) is 40.2 Å². The molecule has 1 aliphatic heterocycles. The Morgan fingerprint density at radius 3 is 2.65 bits per heavy atom. The minimum absolute atomic E-state index is 0.110. The highest BCUT2D eigenvalue weighted by Gasteiger charge is 2.20. The average molecular weight is 246 g/mol. The van der Waals surface area contributed by atoms with E-state index in [0.717, 1.165) is 10.9 Å². The lowest BCUT2D eigenvalue weighted by molar-refractivity contribution is 0.656. The van der Waals surface area contributed by atoms with Crippen LogP contribution in [0.1, 0.15) is 26.3 Å². The van der Waals surface area contributed by atoms with Gasteiger partial charge in [0.25, 0.3) is 0 Å². The number of nitrogens with one attached hydrogen (secondary N) is 1. The number of aryl methyl sites for hydroxylation is 1. The number of nitrogens with zero attached hydrogens (tertiary/aromatic N) is 1. The Morgan fingerprint density at radius 1 is 1.24 bits per heavy atom. The molecule has 0 amide bonds. The first-order chi connectivity index (χ1) is 7.94. The Balaban J connectivity index is 2.18. The van der Waals surface area contributed by atoms with Gasteiger partial charge in [0.15, 0.2) is 5.17 Å². The van der Waals surface area contributed by atoms with Gasteiger partial charge in [-0.15, -0.1) is 0 Å². The lowest BCUT2D eigenvalue weighted by atomic mass is 10.1. The molecule has 1 N–H and O–H groups in total. The van der Waals surface area contributed by atoms with Crippen LogP contribution in [0.5, 0.6) is 0 Å². The zero-order valence-corrected chi connectivity index (χ0v) is 11.6. The molecule has 17 heavy (non-hydrogen) atoms. The SMILES string of the molecule is CC1=CC(C)(C)N=C(Nc2cccc(C)c2)S1. The van der Waals surface area contributed by atoms with Crippen LogP contribution < -0.4 is 5.32 Å². The van der Waals surface area contributed by atoms with Gasteiger partial charge < -0.3 is 5.32 Å². The van der Waals surface area contributed by atoms with E-state index in [1.165, 1.54) is 10.5 Å². The van der Waals surface area contributed by atoms with Crippen LogP contribution in [0, 0.1) is 6.92 Å². The molecule has 0 atom stereocenters. The van der Waals surface area contributed by atoms with E-state index >= 15 is 0 Å². The van der Waals surface area contributed by atoms with Crippen molar-refractivity contribution in [1.82, 2.24) is 0 Å². The quantitative estimate of drug-likeness (QED) is 0.803. The maximum absolute atomic E-state index is 4.68. The van der Waals surface area contributed by atoms with Crippen LogP contribution >= 0.6 is 11.8 Å². The van der Waals surface area contributed by atoms with Crippen LogP contribution in [0.25, 0.3) is 0 Å². The molecule has 0 radical (unpaired) electrons. The third-order valence-corrected chi connectivity index (χ3v) is 3.30. The van der Waals surface area contributed by atoms with Crippen LogP contribution in [-0.4, -0.2) is 10.7 Å². The van der Waals surface area contributed by atoms with Crippen molar-refractivity contribution in [2.45, 2.75) is 33.2 Å². The summed E-state index contributed by atoms with van der Waals surface area (Å²) in [5.41, 5.74) is 2.24. The fourth-order valence-corrected chi connectivity index (χ4v) is 3.00. The van der Waals surface area contributed by atoms with E-state index in [1.807, 2.05) is 0 Å². The highest BCUT2D eigenvalue weighted by Crippen LogP contribution is 2.30. The third kappa shape index (κ3) is 3.37. The molecule has 1 aromatic carbocycles. The Hall–Kier alpha value is -1.22. The minimum Gasteiger partial charge on any atom is -0.335 e. The summed E-state index contributed by atoms with van der Waals surface area (Å²) in [7, 11) is 0. The van der Waals surface area contributed by atoms with Crippen molar-refractivity contribution >= 4 is 22.6 Å². The molecule has 0 aliphatic carbocycles. The maximum Gasteiger partial charge on any atom is 0.166 e. The first-order valence-corrected chi connectivity index (χ1v) is 6.57. The van der Waals surface area contributed by atoms with E-state index in [9.17, 15) is 0 Å². The largest absolute Gasteiger partial charge is 0.335 e. The van der Waals surface area contributed by atoms with E-state index in [-0.39, 0.29) is 5.54 Å². The second kappa shape index (κ2) is 4.57. The molecule has 0 unspecified atom stereocenters. The molecule has 2 rings (SSSR count). The first-order valence-electron chi connectivity index (χ1n) is 5.75. The van der Waals surface area contributed by atoms with Crippen molar-refractivity contribution in [3.63, 3.8) is 0 Å². The summed E-state index contributed by atoms with van der Waals surface area (Å²) in [6.45, 7) is 8.46. The molecule has 2 nitrogen and oxygen atoms in total. The second-order valence-corrected chi connectivity index (χ2v) is 6.16. The molecule has 3 heteroatoms. The Bertz CT molecular complexity index is 487. The number of allylic oxidation sites excluding steroid dienone is 1. The first kappa shape index (κ1) is 12.2. The standard InChI is InChI=1S/C14H18N2S/c1-10-6-5-7-12(8-10)15-13-16-14(3,4)9-11(2)17-13/h5-9H,1-4H3,(H,15,16). The molecule has 0 saturated heterocycles. The summed E-state index contributed by atoms with van der Waals surface area (Å²) >= 11 is 1.69. The Labute approximate surface area is 107 Å². The van der Waals surface area contributed by atoms with Crippen LogP contribution in [0.4, 0.5) is 5.69 Å². The Kier molecular flexibility index (Phi) is 3.29. The minimum atomic E-state index is -0.110. The van der Waals surface area contributed by atoms with Gasteiger partial charge >= 0.3 is 0 Å². The van der Waals surface area contributed by atoms with Gasteiger partial charge in [0.2, 0.25) is 0 Å². The smallest absolute Gasteiger partial charge is 0.166 e. The molecule has 0 bridgehead atoms. The van der Waals surface area contributed by atoms with E-state index in [0.29, 0.717) is 0 Å². The molecular weight excluding hydrogens is 228 g/mol. The molecule has 1 aliphatic rings. The number of thioether (sulfide) groups is 1. The molecule has 0 saturated carbocycles. The van der Waals surface area contributed by atoms with Crippen molar-refractivity contribution < 1.29 is 0 Å². The highest BCUT2D eigenvalue weighted by molar-refractivity contribution is 8.17. The van der Waals surface area contributed by atoms with E-state index < -0.39 is 0 Å². The summed E-state index contributed by atoms with van der Waals surface area (Å²) in [6.07, 6.45) is 2.19. The molecule has 1 heterocycles. The molecule has 0 fully saturated rings. The molecule has 0 spiro atoms. The second-order valence-electron chi connectivity index (χ2n) is 4.92. The normalized spacial score (nSPS) is 18.4. The molecule has 0 aromatic heterocycles. The lowest BCUT2D eigenvalue weighted by Crippen LogP contribution is -2.23. The molecule has 1 aromatic rings. The lowest BCUT2D eigenvalue weighted by Gasteiger charge is -2.24. The summed E-state index contributed by atoms with van der Waals surface area (Å²) in [6, 6.07) is 8.34. The number of hydrogen-bond acceptors (Lipinski definition) is 3. The predicted octanol–water partition coefficient (Wildman–Crippen LogP) is 4.19. The van der Waals surface area contributed by atoms with E-state index in [4.69, 9.17) is 0 Å². The van der Waals surface area contributed by atoms with E-state index in [1.54, 1.807) is 11.8 Å². The van der Waals surface area contributed by atoms with Gasteiger partial charge in [0.05, 0.1) is 5.54 Å². The van der Waals surface area contributed by atoms with Gasteiger partial charge in [-0.2, -0.15) is 0 Å². The molecular formula is C14H18N2S. The number of amidine groups is 1. The van der Waals surface area contributed by atoms with Gasteiger partial charge in [0, 0.05) is 5.69 Å². The summed E-state index contributed by atoms with van der Waals surface area (Å²) in [5, 5.41) is 4.35.